The van der Waals surface area contributed by atoms with Crippen molar-refractivity contribution in [2.24, 2.45) is 0 Å². The number of aromatic nitrogens is 3. The molecule has 0 radical (unpaired) electrons. The van der Waals surface area contributed by atoms with Gasteiger partial charge in [0, 0.05) is 36.5 Å². The number of imidazole rings is 1. The van der Waals surface area contributed by atoms with Gasteiger partial charge in [0.2, 0.25) is 0 Å². The summed E-state index contributed by atoms with van der Waals surface area (Å²) < 4.78 is 13.7. The van der Waals surface area contributed by atoms with Crippen molar-refractivity contribution in [1.29, 1.82) is 0 Å². The van der Waals surface area contributed by atoms with Gasteiger partial charge in [-0.25, -0.2) is 14.1 Å². The highest BCUT2D eigenvalue weighted by Crippen LogP contribution is 2.39. The van der Waals surface area contributed by atoms with Gasteiger partial charge >= 0.3 is 6.03 Å². The van der Waals surface area contributed by atoms with Crippen LogP contribution in [0.3, 0.4) is 0 Å². The number of halogens is 1. The van der Waals surface area contributed by atoms with Gasteiger partial charge in [0.1, 0.15) is 17.2 Å². The van der Waals surface area contributed by atoms with Crippen LogP contribution in [0.1, 0.15) is 17.2 Å². The van der Waals surface area contributed by atoms with Gasteiger partial charge in [-0.05, 0) is 41.5 Å². The summed E-state index contributed by atoms with van der Waals surface area (Å²) in [6, 6.07) is 14.0. The molecule has 2 heterocycles. The SMILES string of the molecule is COc1cc(OC)c(N(S)C(=O)Nc2cccc(C(c3ccncc3)n3ccnc3)c2)cc1Cl. The lowest BCUT2D eigenvalue weighted by Crippen LogP contribution is -2.27. The molecule has 0 aliphatic heterocycles. The summed E-state index contributed by atoms with van der Waals surface area (Å²) in [7, 11) is 2.99. The van der Waals surface area contributed by atoms with Crippen molar-refractivity contribution < 1.29 is 14.3 Å². The molecule has 1 N–H and O–H groups in total. The number of anilines is 2. The molecule has 4 rings (SSSR count). The summed E-state index contributed by atoms with van der Waals surface area (Å²) in [6.45, 7) is 0. The number of benzene rings is 2. The molecule has 0 saturated carbocycles. The van der Waals surface area contributed by atoms with Crippen LogP contribution in [0.4, 0.5) is 16.2 Å². The summed E-state index contributed by atoms with van der Waals surface area (Å²) in [5, 5.41) is 3.20. The summed E-state index contributed by atoms with van der Waals surface area (Å²) in [5.41, 5.74) is 2.96. The second-order valence-electron chi connectivity index (χ2n) is 7.22. The van der Waals surface area contributed by atoms with Crippen LogP contribution in [0.25, 0.3) is 0 Å². The van der Waals surface area contributed by atoms with Gasteiger partial charge in [0.05, 0.1) is 31.6 Å². The largest absolute Gasteiger partial charge is 0.495 e. The van der Waals surface area contributed by atoms with Crippen molar-refractivity contribution in [3.8, 4) is 11.5 Å². The Labute approximate surface area is 207 Å². The maximum atomic E-state index is 13.0. The highest BCUT2D eigenvalue weighted by atomic mass is 35.5. The molecule has 0 spiro atoms. The van der Waals surface area contributed by atoms with Crippen LogP contribution < -0.4 is 19.1 Å². The zero-order valence-corrected chi connectivity index (χ0v) is 20.1. The fourth-order valence-corrected chi connectivity index (χ4v) is 4.03. The van der Waals surface area contributed by atoms with Gasteiger partial charge < -0.3 is 19.4 Å². The van der Waals surface area contributed by atoms with Gasteiger partial charge in [-0.15, -0.1) is 0 Å². The summed E-state index contributed by atoms with van der Waals surface area (Å²) in [6.07, 6.45) is 8.87. The van der Waals surface area contributed by atoms with Crippen LogP contribution in [0.15, 0.2) is 79.6 Å². The number of pyridine rings is 1. The van der Waals surface area contributed by atoms with Gasteiger partial charge in [0.15, 0.2) is 0 Å². The molecule has 1 atom stereocenters. The highest BCUT2D eigenvalue weighted by Gasteiger charge is 2.21. The van der Waals surface area contributed by atoms with Crippen molar-refractivity contribution in [1.82, 2.24) is 14.5 Å². The van der Waals surface area contributed by atoms with E-state index in [0.29, 0.717) is 27.9 Å². The number of ether oxygens (including phenoxy) is 2. The zero-order valence-electron chi connectivity index (χ0n) is 18.4. The molecule has 0 aliphatic carbocycles. The minimum atomic E-state index is -0.483. The number of nitrogens with zero attached hydrogens (tertiary/aromatic N) is 4. The summed E-state index contributed by atoms with van der Waals surface area (Å²) >= 11 is 10.6. The Balaban J connectivity index is 1.61. The number of hydrogen-bond acceptors (Lipinski definition) is 6. The van der Waals surface area contributed by atoms with E-state index < -0.39 is 6.03 Å². The number of hydrogen-bond donors (Lipinski definition) is 2. The van der Waals surface area contributed by atoms with Crippen molar-refractivity contribution >= 4 is 41.8 Å². The predicted octanol–water partition coefficient (Wildman–Crippen LogP) is 5.47. The Morgan fingerprint density at radius 3 is 2.47 bits per heavy atom. The molecule has 174 valence electrons. The molecular formula is C24H22ClN5O3S. The molecule has 0 aliphatic rings. The first kappa shape index (κ1) is 23.5. The summed E-state index contributed by atoms with van der Waals surface area (Å²) in [5.74, 6) is 0.816. The average Bonchev–Trinajstić information content (AvgIpc) is 3.39. The third kappa shape index (κ3) is 4.95. The number of carbonyl (C=O) groups excluding carboxylic acids is 1. The van der Waals surface area contributed by atoms with Crippen LogP contribution >= 0.6 is 24.4 Å². The molecule has 0 bridgehead atoms. The molecule has 0 fully saturated rings. The Morgan fingerprint density at radius 1 is 1.03 bits per heavy atom. The van der Waals surface area contributed by atoms with E-state index in [1.165, 1.54) is 14.2 Å². The fourth-order valence-electron chi connectivity index (χ4n) is 3.59. The van der Waals surface area contributed by atoms with Crippen LogP contribution in [-0.4, -0.2) is 34.8 Å². The number of carbonyl (C=O) groups is 1. The topological polar surface area (TPSA) is 81.5 Å². The minimum absolute atomic E-state index is 0.144. The fraction of sp³-hybridized carbons (Fsp3) is 0.125. The van der Waals surface area contributed by atoms with E-state index in [2.05, 4.69) is 28.1 Å². The number of thiol groups is 1. The standard InChI is InChI=1S/C24H22ClN5O3S/c1-32-21-14-22(33-2)20(13-19(21)25)30(34)24(31)28-18-5-3-4-17(12-18)23(29-11-10-27-15-29)16-6-8-26-9-7-16/h3-15,23,34H,1-2H3,(H,28,31). The monoisotopic (exact) mass is 495 g/mol. The lowest BCUT2D eigenvalue weighted by atomic mass is 9.99. The Bertz CT molecular complexity index is 1270. The Morgan fingerprint density at radius 2 is 1.79 bits per heavy atom. The van der Waals surface area contributed by atoms with E-state index >= 15 is 0 Å². The van der Waals surface area contributed by atoms with E-state index in [9.17, 15) is 4.79 Å². The number of rotatable bonds is 7. The molecule has 0 saturated heterocycles. The van der Waals surface area contributed by atoms with Gasteiger partial charge in [0.25, 0.3) is 0 Å². The second-order valence-corrected chi connectivity index (χ2v) is 8.03. The molecule has 1 unspecified atom stereocenters. The first-order valence-corrected chi connectivity index (χ1v) is 11.0. The van der Waals surface area contributed by atoms with E-state index in [0.717, 1.165) is 15.4 Å². The number of urea groups is 1. The highest BCUT2D eigenvalue weighted by molar-refractivity contribution is 7.82. The third-order valence-electron chi connectivity index (χ3n) is 5.17. The van der Waals surface area contributed by atoms with Crippen LogP contribution in [0, 0.1) is 0 Å². The van der Waals surface area contributed by atoms with Gasteiger partial charge in [-0.2, -0.15) is 0 Å². The lowest BCUT2D eigenvalue weighted by Gasteiger charge is -2.22. The average molecular weight is 496 g/mol. The maximum absolute atomic E-state index is 13.0. The molecular weight excluding hydrogens is 474 g/mol. The Hall–Kier alpha value is -3.69. The minimum Gasteiger partial charge on any atom is -0.495 e. The first-order valence-electron chi connectivity index (χ1n) is 10.2. The van der Waals surface area contributed by atoms with Crippen molar-refractivity contribution in [2.75, 3.05) is 23.8 Å². The van der Waals surface area contributed by atoms with Crippen molar-refractivity contribution in [3.05, 3.63) is 95.8 Å². The predicted molar refractivity (Wildman–Crippen MR) is 135 cm³/mol. The smallest absolute Gasteiger partial charge is 0.336 e. The van der Waals surface area contributed by atoms with Crippen LogP contribution in [-0.2, 0) is 0 Å². The van der Waals surface area contributed by atoms with E-state index in [4.69, 9.17) is 21.1 Å². The van der Waals surface area contributed by atoms with Crippen LogP contribution in [0.5, 0.6) is 11.5 Å². The van der Waals surface area contributed by atoms with Gasteiger partial charge in [-0.3, -0.25) is 4.98 Å². The molecule has 2 aromatic heterocycles. The zero-order chi connectivity index (χ0) is 24.1. The lowest BCUT2D eigenvalue weighted by molar-refractivity contribution is 0.260. The number of nitrogens with one attached hydrogen (secondary N) is 1. The molecule has 2 aromatic carbocycles. The maximum Gasteiger partial charge on any atom is 0.336 e. The second kappa shape index (κ2) is 10.5. The van der Waals surface area contributed by atoms with Crippen molar-refractivity contribution in [2.45, 2.75) is 6.04 Å². The quantitative estimate of drug-likeness (QED) is 0.332. The number of methoxy groups -OCH3 is 2. The molecule has 8 nitrogen and oxygen atoms in total. The van der Waals surface area contributed by atoms with Crippen LogP contribution in [0.2, 0.25) is 5.02 Å². The molecule has 4 aromatic rings. The first-order chi connectivity index (χ1) is 16.5. The molecule has 34 heavy (non-hydrogen) atoms. The normalized spacial score (nSPS) is 11.5. The number of amides is 2. The van der Waals surface area contributed by atoms with E-state index in [1.807, 2.05) is 41.1 Å². The van der Waals surface area contributed by atoms with E-state index in [-0.39, 0.29) is 6.04 Å². The molecule has 2 amide bonds. The van der Waals surface area contributed by atoms with Gasteiger partial charge in [-0.1, -0.05) is 36.5 Å². The summed E-state index contributed by atoms with van der Waals surface area (Å²) in [4.78, 5) is 21.3. The van der Waals surface area contributed by atoms with Crippen molar-refractivity contribution in [3.63, 3.8) is 0 Å². The third-order valence-corrected chi connectivity index (χ3v) is 5.86. The molecule has 10 heteroatoms. The van der Waals surface area contributed by atoms with E-state index in [1.54, 1.807) is 43.1 Å². The Kier molecular flexibility index (Phi) is 7.24.